The van der Waals surface area contributed by atoms with E-state index in [0.29, 0.717) is 0 Å². The molecule has 1 aromatic rings. The van der Waals surface area contributed by atoms with Crippen LogP contribution in [0.3, 0.4) is 0 Å². The molecule has 0 heterocycles. The molecule has 0 bridgehead atoms. The number of rotatable bonds is 5. The number of hydrogen-bond donors (Lipinski definition) is 0. The molecular formula is C13H17Br2NO. The quantitative estimate of drug-likeness (QED) is 0.730. The predicted octanol–water partition coefficient (Wildman–Crippen LogP) is 3.75. The molecule has 4 heteroatoms. The Hall–Kier alpha value is -0.350. The minimum atomic E-state index is -0.232. The van der Waals surface area contributed by atoms with Crippen LogP contribution in [0.5, 0.6) is 0 Å². The summed E-state index contributed by atoms with van der Waals surface area (Å²) in [6, 6.07) is 9.96. The summed E-state index contributed by atoms with van der Waals surface area (Å²) < 4.78 is 0. The molecule has 0 aliphatic rings. The third-order valence-electron chi connectivity index (χ3n) is 2.69. The maximum atomic E-state index is 12.2. The van der Waals surface area contributed by atoms with Crippen molar-refractivity contribution >= 4 is 37.8 Å². The molecule has 1 amide bonds. The summed E-state index contributed by atoms with van der Waals surface area (Å²) in [5.41, 5.74) is 1.11. The van der Waals surface area contributed by atoms with Crippen LogP contribution in [0.4, 0.5) is 0 Å². The normalized spacial score (nSPS) is 14.1. The van der Waals surface area contributed by atoms with Gasteiger partial charge in [0.1, 0.15) is 4.83 Å². The maximum Gasteiger partial charge on any atom is 0.237 e. The third kappa shape index (κ3) is 3.81. The Bertz CT molecular complexity index is 352. The zero-order valence-electron chi connectivity index (χ0n) is 10.1. The largest absolute Gasteiger partial charge is 0.342 e. The van der Waals surface area contributed by atoms with Crippen LogP contribution < -0.4 is 0 Å². The topological polar surface area (TPSA) is 20.3 Å². The van der Waals surface area contributed by atoms with Crippen molar-refractivity contribution in [2.75, 3.05) is 13.1 Å². The van der Waals surface area contributed by atoms with Crippen LogP contribution in [0, 0.1) is 0 Å². The van der Waals surface area contributed by atoms with E-state index in [4.69, 9.17) is 0 Å². The van der Waals surface area contributed by atoms with Crippen molar-refractivity contribution in [3.05, 3.63) is 35.9 Å². The van der Waals surface area contributed by atoms with Crippen molar-refractivity contribution in [2.45, 2.75) is 23.5 Å². The summed E-state index contributed by atoms with van der Waals surface area (Å²) in [4.78, 5) is 13.8. The first-order valence-corrected chi connectivity index (χ1v) is 7.56. The monoisotopic (exact) mass is 361 g/mol. The van der Waals surface area contributed by atoms with Crippen LogP contribution >= 0.6 is 31.9 Å². The molecule has 94 valence electrons. The molecule has 0 saturated heterocycles. The van der Waals surface area contributed by atoms with Crippen LogP contribution in [0.25, 0.3) is 0 Å². The molecule has 2 nitrogen and oxygen atoms in total. The van der Waals surface area contributed by atoms with E-state index >= 15 is 0 Å². The van der Waals surface area contributed by atoms with Gasteiger partial charge in [0.25, 0.3) is 0 Å². The Morgan fingerprint density at radius 3 is 2.18 bits per heavy atom. The van der Waals surface area contributed by atoms with E-state index < -0.39 is 0 Å². The van der Waals surface area contributed by atoms with E-state index in [1.807, 2.05) is 49.1 Å². The van der Waals surface area contributed by atoms with Gasteiger partial charge in [-0.2, -0.15) is 0 Å². The molecule has 1 aromatic carbocycles. The van der Waals surface area contributed by atoms with Gasteiger partial charge in [0.15, 0.2) is 0 Å². The number of amides is 1. The van der Waals surface area contributed by atoms with Gasteiger partial charge >= 0.3 is 0 Å². The molecular weight excluding hydrogens is 346 g/mol. The summed E-state index contributed by atoms with van der Waals surface area (Å²) in [6.45, 7) is 5.47. The van der Waals surface area contributed by atoms with Crippen molar-refractivity contribution in [1.82, 2.24) is 4.90 Å². The van der Waals surface area contributed by atoms with Gasteiger partial charge in [-0.3, -0.25) is 4.79 Å². The van der Waals surface area contributed by atoms with Crippen molar-refractivity contribution in [3.8, 4) is 0 Å². The lowest BCUT2D eigenvalue weighted by Crippen LogP contribution is -2.37. The lowest BCUT2D eigenvalue weighted by molar-refractivity contribution is -0.130. The van der Waals surface area contributed by atoms with Crippen molar-refractivity contribution in [1.29, 1.82) is 0 Å². The van der Waals surface area contributed by atoms with E-state index in [1.165, 1.54) is 0 Å². The first-order valence-electron chi connectivity index (χ1n) is 5.73. The molecule has 2 atom stereocenters. The number of halogens is 2. The third-order valence-corrected chi connectivity index (χ3v) is 5.37. The van der Waals surface area contributed by atoms with E-state index in [0.717, 1.165) is 18.7 Å². The van der Waals surface area contributed by atoms with Crippen LogP contribution in [0.15, 0.2) is 30.3 Å². The average Bonchev–Trinajstić information content (AvgIpc) is 2.39. The second-order valence-electron chi connectivity index (χ2n) is 3.72. The highest BCUT2D eigenvalue weighted by molar-refractivity contribution is 9.12. The molecule has 0 unspecified atom stereocenters. The van der Waals surface area contributed by atoms with Crippen molar-refractivity contribution < 1.29 is 4.79 Å². The van der Waals surface area contributed by atoms with Crippen LogP contribution in [-0.4, -0.2) is 28.7 Å². The van der Waals surface area contributed by atoms with Gasteiger partial charge in [0.05, 0.1) is 4.83 Å². The molecule has 0 fully saturated rings. The van der Waals surface area contributed by atoms with Crippen molar-refractivity contribution in [3.63, 3.8) is 0 Å². The fourth-order valence-corrected chi connectivity index (χ4v) is 2.77. The molecule has 1 rings (SSSR count). The Morgan fingerprint density at radius 2 is 1.71 bits per heavy atom. The zero-order chi connectivity index (χ0) is 12.8. The molecule has 17 heavy (non-hydrogen) atoms. The molecule has 0 radical (unpaired) electrons. The highest BCUT2D eigenvalue weighted by atomic mass is 79.9. The zero-order valence-corrected chi connectivity index (χ0v) is 13.2. The molecule has 0 spiro atoms. The van der Waals surface area contributed by atoms with Crippen LogP contribution in [-0.2, 0) is 4.79 Å². The Labute approximate surface area is 120 Å². The highest BCUT2D eigenvalue weighted by Crippen LogP contribution is 2.32. The van der Waals surface area contributed by atoms with Crippen LogP contribution in [0.1, 0.15) is 24.2 Å². The summed E-state index contributed by atoms with van der Waals surface area (Å²) >= 11 is 7.07. The van der Waals surface area contributed by atoms with Gasteiger partial charge < -0.3 is 4.90 Å². The number of carbonyl (C=O) groups excluding carboxylic acids is 1. The number of benzene rings is 1. The lowest BCUT2D eigenvalue weighted by Gasteiger charge is -2.24. The number of carbonyl (C=O) groups is 1. The first-order chi connectivity index (χ1) is 8.11. The molecule has 0 aromatic heterocycles. The van der Waals surface area contributed by atoms with E-state index in [-0.39, 0.29) is 15.6 Å². The highest BCUT2D eigenvalue weighted by Gasteiger charge is 2.27. The second kappa shape index (κ2) is 7.17. The Balaban J connectivity index is 2.76. The SMILES string of the molecule is CCN(CC)C(=O)[C@@H](Br)[C@H](Br)c1ccccc1. The maximum absolute atomic E-state index is 12.2. The van der Waals surface area contributed by atoms with Crippen molar-refractivity contribution in [2.24, 2.45) is 0 Å². The van der Waals surface area contributed by atoms with Crippen LogP contribution in [0.2, 0.25) is 0 Å². The Morgan fingerprint density at radius 1 is 1.18 bits per heavy atom. The smallest absolute Gasteiger partial charge is 0.237 e. The predicted molar refractivity (Wildman–Crippen MR) is 78.8 cm³/mol. The average molecular weight is 363 g/mol. The summed E-state index contributed by atoms with van der Waals surface area (Å²) in [7, 11) is 0. The minimum Gasteiger partial charge on any atom is -0.342 e. The molecule has 0 aliphatic carbocycles. The van der Waals surface area contributed by atoms with E-state index in [2.05, 4.69) is 31.9 Å². The fraction of sp³-hybridized carbons (Fsp3) is 0.462. The van der Waals surface area contributed by atoms with E-state index in [1.54, 1.807) is 0 Å². The standard InChI is InChI=1S/C13H17Br2NO/c1-3-16(4-2)13(17)12(15)11(14)10-8-6-5-7-9-10/h5-9,11-12H,3-4H2,1-2H3/t11-,12+/m1/s1. The summed E-state index contributed by atoms with van der Waals surface area (Å²) in [6.07, 6.45) is 0. The second-order valence-corrected chi connectivity index (χ2v) is 5.70. The number of nitrogens with zero attached hydrogens (tertiary/aromatic N) is 1. The molecule has 0 N–H and O–H groups in total. The summed E-state index contributed by atoms with van der Waals surface area (Å²) in [5.74, 6) is 0.126. The van der Waals surface area contributed by atoms with Gasteiger partial charge in [-0.25, -0.2) is 0 Å². The number of alkyl halides is 2. The van der Waals surface area contributed by atoms with Gasteiger partial charge in [-0.15, -0.1) is 0 Å². The summed E-state index contributed by atoms with van der Waals surface area (Å²) in [5, 5.41) is 0. The van der Waals surface area contributed by atoms with Gasteiger partial charge in [0, 0.05) is 13.1 Å². The fourth-order valence-electron chi connectivity index (χ4n) is 1.64. The Kier molecular flexibility index (Phi) is 6.20. The number of hydrogen-bond acceptors (Lipinski definition) is 1. The van der Waals surface area contributed by atoms with Gasteiger partial charge in [0.2, 0.25) is 5.91 Å². The van der Waals surface area contributed by atoms with Gasteiger partial charge in [-0.05, 0) is 19.4 Å². The molecule has 0 aliphatic heterocycles. The first kappa shape index (κ1) is 14.7. The molecule has 0 saturated carbocycles. The lowest BCUT2D eigenvalue weighted by atomic mass is 10.1. The minimum absolute atomic E-state index is 0.00296. The van der Waals surface area contributed by atoms with Gasteiger partial charge in [-0.1, -0.05) is 62.2 Å². The van der Waals surface area contributed by atoms with E-state index in [9.17, 15) is 4.79 Å².